The molecule has 0 saturated carbocycles. The quantitative estimate of drug-likeness (QED) is 0.306. The Balaban J connectivity index is 1.56. The molecule has 8 heteroatoms. The molecule has 32 heavy (non-hydrogen) atoms. The zero-order valence-electron chi connectivity index (χ0n) is 16.9. The van der Waals surface area contributed by atoms with E-state index < -0.39 is 11.8 Å². The Morgan fingerprint density at radius 3 is 2.50 bits per heavy atom. The molecule has 3 aromatic rings. The van der Waals surface area contributed by atoms with Crippen LogP contribution in [0.25, 0.3) is 0 Å². The van der Waals surface area contributed by atoms with Crippen LogP contribution < -0.4 is 15.5 Å². The van der Waals surface area contributed by atoms with Gasteiger partial charge in [0.15, 0.2) is 0 Å². The maximum atomic E-state index is 12.0. The van der Waals surface area contributed by atoms with Gasteiger partial charge in [0.2, 0.25) is 11.8 Å². The fourth-order valence-electron chi connectivity index (χ4n) is 2.67. The maximum absolute atomic E-state index is 12.0. The van der Waals surface area contributed by atoms with E-state index in [-0.39, 0.29) is 13.0 Å². The normalized spacial score (nSPS) is 10.4. The van der Waals surface area contributed by atoms with Crippen molar-refractivity contribution in [2.75, 3.05) is 5.32 Å². The van der Waals surface area contributed by atoms with Crippen LogP contribution in [0.4, 0.5) is 5.69 Å². The summed E-state index contributed by atoms with van der Waals surface area (Å²) in [7, 11) is 0. The first kappa shape index (κ1) is 22.5. The van der Waals surface area contributed by atoms with Crippen molar-refractivity contribution >= 4 is 35.3 Å². The van der Waals surface area contributed by atoms with E-state index in [0.29, 0.717) is 27.6 Å². The number of anilines is 1. The molecule has 0 heterocycles. The van der Waals surface area contributed by atoms with E-state index in [4.69, 9.17) is 21.6 Å². The summed E-state index contributed by atoms with van der Waals surface area (Å²) in [6, 6.07) is 23.0. The third-order valence-electron chi connectivity index (χ3n) is 4.22. The van der Waals surface area contributed by atoms with Gasteiger partial charge in [-0.1, -0.05) is 41.9 Å². The Hall–Kier alpha value is -4.15. The Labute approximate surface area is 190 Å². The number of halogens is 1. The summed E-state index contributed by atoms with van der Waals surface area (Å²) < 4.78 is 5.83. The molecular weight excluding hydrogens is 428 g/mol. The summed E-state index contributed by atoms with van der Waals surface area (Å²) in [4.78, 5) is 23.9. The lowest BCUT2D eigenvalue weighted by molar-refractivity contribution is -0.126. The van der Waals surface area contributed by atoms with Gasteiger partial charge in [0, 0.05) is 16.3 Å². The van der Waals surface area contributed by atoms with Gasteiger partial charge in [-0.2, -0.15) is 10.4 Å². The van der Waals surface area contributed by atoms with Gasteiger partial charge in [-0.05, 0) is 48.0 Å². The number of rotatable bonds is 8. The molecule has 160 valence electrons. The number of nitriles is 1. The van der Waals surface area contributed by atoms with E-state index >= 15 is 0 Å². The number of hydrogen-bond acceptors (Lipinski definition) is 5. The van der Waals surface area contributed by atoms with Crippen molar-refractivity contribution in [1.29, 1.82) is 5.26 Å². The molecule has 2 N–H and O–H groups in total. The third kappa shape index (κ3) is 6.97. The van der Waals surface area contributed by atoms with Crippen LogP contribution in [0.15, 0.2) is 77.9 Å². The number of nitrogens with one attached hydrogen (secondary N) is 2. The topological polar surface area (TPSA) is 104 Å². The number of para-hydroxylation sites is 1. The molecule has 0 saturated heterocycles. The Morgan fingerprint density at radius 1 is 1.03 bits per heavy atom. The van der Waals surface area contributed by atoms with Crippen LogP contribution in [0.3, 0.4) is 0 Å². The van der Waals surface area contributed by atoms with Crippen LogP contribution in [-0.4, -0.2) is 18.0 Å². The minimum absolute atomic E-state index is 0.278. The highest BCUT2D eigenvalue weighted by atomic mass is 35.5. The maximum Gasteiger partial charge on any atom is 0.249 e. The number of benzene rings is 3. The molecule has 0 aliphatic heterocycles. The molecule has 0 atom stereocenters. The standard InChI is InChI=1S/C24H19ClN4O3/c25-20-10-11-22(32-16-18-8-6-17(14-26)7-9-18)19(12-20)15-27-29-24(31)13-23(30)28-21-4-2-1-3-5-21/h1-12,15H,13,16H2,(H,28,30)(H,29,31). The Bertz CT molecular complexity index is 1160. The molecule has 0 bridgehead atoms. The number of hydrogen-bond donors (Lipinski definition) is 2. The number of ether oxygens (including phenoxy) is 1. The average Bonchev–Trinajstić information content (AvgIpc) is 2.79. The fourth-order valence-corrected chi connectivity index (χ4v) is 2.85. The van der Waals surface area contributed by atoms with Gasteiger partial charge in [0.1, 0.15) is 18.8 Å². The van der Waals surface area contributed by atoms with Gasteiger partial charge in [-0.3, -0.25) is 9.59 Å². The van der Waals surface area contributed by atoms with Crippen LogP contribution in [0.5, 0.6) is 5.75 Å². The van der Waals surface area contributed by atoms with E-state index in [1.54, 1.807) is 54.6 Å². The van der Waals surface area contributed by atoms with Gasteiger partial charge in [0.25, 0.3) is 0 Å². The molecule has 7 nitrogen and oxygen atoms in total. The van der Waals surface area contributed by atoms with Crippen LogP contribution in [0, 0.1) is 11.3 Å². The summed E-state index contributed by atoms with van der Waals surface area (Å²) in [5, 5.41) is 15.9. The first-order valence-corrected chi connectivity index (χ1v) is 9.99. The third-order valence-corrected chi connectivity index (χ3v) is 4.46. The molecule has 0 fully saturated rings. The molecule has 3 rings (SSSR count). The molecular formula is C24H19ClN4O3. The highest BCUT2D eigenvalue weighted by Crippen LogP contribution is 2.22. The van der Waals surface area contributed by atoms with Crippen LogP contribution in [0.2, 0.25) is 5.02 Å². The van der Waals surface area contributed by atoms with Crippen molar-refractivity contribution in [3.05, 3.63) is 94.5 Å². The van der Waals surface area contributed by atoms with Crippen molar-refractivity contribution in [2.45, 2.75) is 13.0 Å². The summed E-state index contributed by atoms with van der Waals surface area (Å²) >= 11 is 6.07. The summed E-state index contributed by atoms with van der Waals surface area (Å²) in [5.41, 5.74) is 4.94. The van der Waals surface area contributed by atoms with Gasteiger partial charge < -0.3 is 10.1 Å². The zero-order chi connectivity index (χ0) is 22.8. The molecule has 0 aromatic heterocycles. The van der Waals surface area contributed by atoms with Crippen LogP contribution in [0.1, 0.15) is 23.1 Å². The largest absolute Gasteiger partial charge is 0.488 e. The highest BCUT2D eigenvalue weighted by Gasteiger charge is 2.09. The molecule has 3 aromatic carbocycles. The lowest BCUT2D eigenvalue weighted by atomic mass is 10.1. The number of carbonyl (C=O) groups is 2. The van der Waals surface area contributed by atoms with E-state index in [1.165, 1.54) is 6.21 Å². The van der Waals surface area contributed by atoms with Gasteiger partial charge in [-0.15, -0.1) is 0 Å². The number of hydrazone groups is 1. The van der Waals surface area contributed by atoms with E-state index in [9.17, 15) is 9.59 Å². The second-order valence-corrected chi connectivity index (χ2v) is 7.10. The summed E-state index contributed by atoms with van der Waals surface area (Å²) in [6.07, 6.45) is 1.02. The fraction of sp³-hybridized carbons (Fsp3) is 0.0833. The van der Waals surface area contributed by atoms with Crippen molar-refractivity contribution in [3.63, 3.8) is 0 Å². The minimum Gasteiger partial charge on any atom is -0.488 e. The Kier molecular flexibility index (Phi) is 7.96. The smallest absolute Gasteiger partial charge is 0.249 e. The average molecular weight is 447 g/mol. The molecule has 0 radical (unpaired) electrons. The van der Waals surface area contributed by atoms with Gasteiger partial charge in [-0.25, -0.2) is 5.43 Å². The van der Waals surface area contributed by atoms with Crippen LogP contribution >= 0.6 is 11.6 Å². The lowest BCUT2D eigenvalue weighted by Gasteiger charge is -2.10. The zero-order valence-corrected chi connectivity index (χ0v) is 17.7. The van der Waals surface area contributed by atoms with Crippen molar-refractivity contribution < 1.29 is 14.3 Å². The van der Waals surface area contributed by atoms with Crippen LogP contribution in [-0.2, 0) is 16.2 Å². The molecule has 0 unspecified atom stereocenters. The molecule has 0 aliphatic rings. The first-order valence-electron chi connectivity index (χ1n) is 9.61. The SMILES string of the molecule is N#Cc1ccc(COc2ccc(Cl)cc2C=NNC(=O)CC(=O)Nc2ccccc2)cc1. The van der Waals surface area contributed by atoms with Gasteiger partial charge >= 0.3 is 0 Å². The molecule has 2 amide bonds. The second-order valence-electron chi connectivity index (χ2n) is 6.66. The second kappa shape index (κ2) is 11.3. The summed E-state index contributed by atoms with van der Waals surface area (Å²) in [6.45, 7) is 0.278. The summed E-state index contributed by atoms with van der Waals surface area (Å²) in [5.74, 6) is -0.492. The number of amides is 2. The van der Waals surface area contributed by atoms with Crippen molar-refractivity contribution in [3.8, 4) is 11.8 Å². The van der Waals surface area contributed by atoms with Crippen molar-refractivity contribution in [1.82, 2.24) is 5.43 Å². The molecule has 0 aliphatic carbocycles. The first-order chi connectivity index (χ1) is 15.5. The molecule has 0 spiro atoms. The highest BCUT2D eigenvalue weighted by molar-refractivity contribution is 6.30. The predicted molar refractivity (Wildman–Crippen MR) is 122 cm³/mol. The minimum atomic E-state index is -0.559. The van der Waals surface area contributed by atoms with E-state index in [2.05, 4.69) is 21.9 Å². The monoisotopic (exact) mass is 446 g/mol. The number of carbonyl (C=O) groups excluding carboxylic acids is 2. The Morgan fingerprint density at radius 2 is 1.78 bits per heavy atom. The predicted octanol–water partition coefficient (Wildman–Crippen LogP) is 4.27. The van der Waals surface area contributed by atoms with E-state index in [1.807, 2.05) is 18.2 Å². The van der Waals surface area contributed by atoms with E-state index in [0.717, 1.165) is 5.56 Å². The lowest BCUT2D eigenvalue weighted by Crippen LogP contribution is -2.24. The van der Waals surface area contributed by atoms with Crippen molar-refractivity contribution in [2.24, 2.45) is 5.10 Å². The van der Waals surface area contributed by atoms with Gasteiger partial charge in [0.05, 0.1) is 17.8 Å². The number of nitrogens with zero attached hydrogens (tertiary/aromatic N) is 2.